The Balaban J connectivity index is 3.31. The lowest BCUT2D eigenvalue weighted by Gasteiger charge is -2.22. The maximum atomic E-state index is 12.5. The van der Waals surface area contributed by atoms with E-state index in [-0.39, 0.29) is 18.5 Å². The first-order valence-electron chi connectivity index (χ1n) is 36.8. The van der Waals surface area contributed by atoms with E-state index in [1.54, 1.807) is 0 Å². The van der Waals surface area contributed by atoms with Gasteiger partial charge in [0.2, 0.25) is 5.91 Å². The molecular formula is C73H145NO5. The summed E-state index contributed by atoms with van der Waals surface area (Å²) in [4.78, 5) is 24.6. The largest absolute Gasteiger partial charge is 0.466 e. The molecule has 0 spiro atoms. The van der Waals surface area contributed by atoms with Gasteiger partial charge in [0.05, 0.1) is 25.4 Å². The molecule has 0 fully saturated rings. The van der Waals surface area contributed by atoms with Crippen LogP contribution in [0.15, 0.2) is 0 Å². The van der Waals surface area contributed by atoms with Crippen LogP contribution in [0, 0.1) is 0 Å². The Morgan fingerprint density at radius 3 is 0.772 bits per heavy atom. The Hall–Kier alpha value is -1.14. The second-order valence-corrected chi connectivity index (χ2v) is 25.6. The van der Waals surface area contributed by atoms with E-state index >= 15 is 0 Å². The molecule has 6 nitrogen and oxygen atoms in total. The van der Waals surface area contributed by atoms with Gasteiger partial charge in [-0.2, -0.15) is 0 Å². The summed E-state index contributed by atoms with van der Waals surface area (Å²) in [5, 5.41) is 23.4. The highest BCUT2D eigenvalue weighted by Crippen LogP contribution is 2.20. The van der Waals surface area contributed by atoms with Gasteiger partial charge in [-0.25, -0.2) is 0 Å². The van der Waals surface area contributed by atoms with Gasteiger partial charge in [0.1, 0.15) is 0 Å². The molecule has 6 heteroatoms. The third-order valence-corrected chi connectivity index (χ3v) is 17.7. The average molecular weight is 1120 g/mol. The maximum Gasteiger partial charge on any atom is 0.305 e. The van der Waals surface area contributed by atoms with Crippen molar-refractivity contribution in [2.24, 2.45) is 0 Å². The van der Waals surface area contributed by atoms with Gasteiger partial charge < -0.3 is 20.3 Å². The molecule has 0 heterocycles. The van der Waals surface area contributed by atoms with Crippen molar-refractivity contribution in [3.63, 3.8) is 0 Å². The van der Waals surface area contributed by atoms with E-state index in [1.165, 1.54) is 360 Å². The highest BCUT2D eigenvalue weighted by atomic mass is 16.5. The van der Waals surface area contributed by atoms with Gasteiger partial charge in [0, 0.05) is 12.8 Å². The van der Waals surface area contributed by atoms with E-state index in [0.29, 0.717) is 25.9 Å². The number of esters is 1. The minimum absolute atomic E-state index is 0.0243. The summed E-state index contributed by atoms with van der Waals surface area (Å²) in [5.74, 6) is -0.00241. The first kappa shape index (κ1) is 77.9. The van der Waals surface area contributed by atoms with E-state index in [9.17, 15) is 19.8 Å². The van der Waals surface area contributed by atoms with E-state index in [0.717, 1.165) is 38.5 Å². The van der Waals surface area contributed by atoms with Crippen LogP contribution in [0.3, 0.4) is 0 Å². The number of hydrogen-bond donors (Lipinski definition) is 3. The average Bonchev–Trinajstić information content (AvgIpc) is 3.45. The van der Waals surface area contributed by atoms with Crippen LogP contribution in [-0.4, -0.2) is 47.4 Å². The fraction of sp³-hybridized carbons (Fsp3) is 0.973. The van der Waals surface area contributed by atoms with E-state index in [1.807, 2.05) is 0 Å². The molecule has 0 aromatic rings. The minimum Gasteiger partial charge on any atom is -0.466 e. The SMILES string of the molecule is CCCCCCCCCCCCCCCCCCCC(O)C(CO)NC(=O)CCCCCCCCCCCCCCCCCCCCCCCCCCCCCCCOC(=O)CCCCCCCCCCCCCCCCCC. The Labute approximate surface area is 496 Å². The van der Waals surface area contributed by atoms with Gasteiger partial charge >= 0.3 is 5.97 Å². The van der Waals surface area contributed by atoms with Crippen LogP contribution in [0.2, 0.25) is 0 Å². The van der Waals surface area contributed by atoms with Gasteiger partial charge in [0.15, 0.2) is 0 Å². The fourth-order valence-corrected chi connectivity index (χ4v) is 12.1. The number of carbonyl (C=O) groups excluding carboxylic acids is 2. The second kappa shape index (κ2) is 69.4. The van der Waals surface area contributed by atoms with Crippen molar-refractivity contribution in [3.8, 4) is 0 Å². The van der Waals surface area contributed by atoms with Crippen molar-refractivity contribution in [2.45, 2.75) is 443 Å². The molecule has 2 atom stereocenters. The quantitative estimate of drug-likeness (QED) is 0.0417. The molecule has 0 aliphatic heterocycles. The van der Waals surface area contributed by atoms with Crippen molar-refractivity contribution in [1.82, 2.24) is 5.32 Å². The molecule has 0 aromatic carbocycles. The van der Waals surface area contributed by atoms with Gasteiger partial charge in [0.25, 0.3) is 0 Å². The number of aliphatic hydroxyl groups is 2. The normalized spacial score (nSPS) is 12.4. The maximum absolute atomic E-state index is 12.5. The van der Waals surface area contributed by atoms with Crippen LogP contribution in [0.1, 0.15) is 431 Å². The summed E-state index contributed by atoms with van der Waals surface area (Å²) in [5.41, 5.74) is 0. The summed E-state index contributed by atoms with van der Waals surface area (Å²) in [6.07, 6.45) is 84.5. The molecule has 3 N–H and O–H groups in total. The predicted molar refractivity (Wildman–Crippen MR) is 347 cm³/mol. The minimum atomic E-state index is -0.661. The van der Waals surface area contributed by atoms with Gasteiger partial charge in [-0.05, 0) is 25.7 Å². The fourth-order valence-electron chi connectivity index (χ4n) is 12.1. The highest BCUT2D eigenvalue weighted by Gasteiger charge is 2.20. The molecule has 0 saturated heterocycles. The number of ether oxygens (including phenoxy) is 1. The van der Waals surface area contributed by atoms with Crippen molar-refractivity contribution in [2.75, 3.05) is 13.2 Å². The molecule has 472 valence electrons. The number of aliphatic hydroxyl groups excluding tert-OH is 2. The zero-order chi connectivity index (χ0) is 57.1. The molecule has 0 aliphatic rings. The third-order valence-electron chi connectivity index (χ3n) is 17.7. The van der Waals surface area contributed by atoms with Crippen molar-refractivity contribution < 1.29 is 24.5 Å². The van der Waals surface area contributed by atoms with Crippen LogP contribution in [0.25, 0.3) is 0 Å². The number of carbonyl (C=O) groups is 2. The Bertz CT molecular complexity index is 1150. The zero-order valence-corrected chi connectivity index (χ0v) is 54.2. The van der Waals surface area contributed by atoms with Gasteiger partial charge in [-0.1, -0.05) is 393 Å². The van der Waals surface area contributed by atoms with Crippen molar-refractivity contribution in [1.29, 1.82) is 0 Å². The number of hydrogen-bond acceptors (Lipinski definition) is 5. The molecule has 0 rings (SSSR count). The molecule has 0 saturated carbocycles. The Kier molecular flexibility index (Phi) is 68.4. The molecule has 0 radical (unpaired) electrons. The van der Waals surface area contributed by atoms with E-state index < -0.39 is 12.1 Å². The number of rotatable bonds is 70. The van der Waals surface area contributed by atoms with E-state index in [4.69, 9.17) is 4.74 Å². The van der Waals surface area contributed by atoms with E-state index in [2.05, 4.69) is 19.2 Å². The van der Waals surface area contributed by atoms with Crippen molar-refractivity contribution in [3.05, 3.63) is 0 Å². The van der Waals surface area contributed by atoms with Crippen LogP contribution in [0.5, 0.6) is 0 Å². The lowest BCUT2D eigenvalue weighted by atomic mass is 10.0. The lowest BCUT2D eigenvalue weighted by Crippen LogP contribution is -2.45. The summed E-state index contributed by atoms with van der Waals surface area (Å²) >= 11 is 0. The molecule has 2 unspecified atom stereocenters. The van der Waals surface area contributed by atoms with Gasteiger partial charge in [-0.3, -0.25) is 9.59 Å². The summed E-state index contributed by atoms with van der Waals surface area (Å²) < 4.78 is 5.51. The number of amides is 1. The Morgan fingerprint density at radius 1 is 0.304 bits per heavy atom. The van der Waals surface area contributed by atoms with Crippen LogP contribution < -0.4 is 5.32 Å². The molecular weight excluding hydrogens is 971 g/mol. The van der Waals surface area contributed by atoms with Crippen LogP contribution in [-0.2, 0) is 14.3 Å². The monoisotopic (exact) mass is 1120 g/mol. The first-order chi connectivity index (χ1) is 39.0. The number of nitrogens with one attached hydrogen (secondary N) is 1. The molecule has 0 aliphatic carbocycles. The molecule has 0 aromatic heterocycles. The molecule has 1 amide bonds. The zero-order valence-electron chi connectivity index (χ0n) is 54.2. The van der Waals surface area contributed by atoms with Crippen molar-refractivity contribution >= 4 is 11.9 Å². The highest BCUT2D eigenvalue weighted by molar-refractivity contribution is 5.76. The summed E-state index contributed by atoms with van der Waals surface area (Å²) in [7, 11) is 0. The third kappa shape index (κ3) is 65.9. The standard InChI is InChI=1S/C73H145NO5/c1-3-5-7-9-11-13-15-17-19-34-37-41-45-49-53-57-61-65-71(76)70(69-75)74-72(77)66-62-58-54-50-46-42-38-35-32-30-28-26-24-22-21-23-25-27-29-31-33-36-40-44-48-52-56-60-64-68-79-73(78)67-63-59-55-51-47-43-39-20-18-16-14-12-10-8-6-4-2/h70-71,75-76H,3-69H2,1-2H3,(H,74,77). The first-order valence-corrected chi connectivity index (χ1v) is 36.8. The Morgan fingerprint density at radius 2 is 0.519 bits per heavy atom. The molecule has 79 heavy (non-hydrogen) atoms. The molecule has 0 bridgehead atoms. The lowest BCUT2D eigenvalue weighted by molar-refractivity contribution is -0.143. The summed E-state index contributed by atoms with van der Waals surface area (Å²) in [6, 6.07) is -0.538. The topological polar surface area (TPSA) is 95.9 Å². The second-order valence-electron chi connectivity index (χ2n) is 25.6. The smallest absolute Gasteiger partial charge is 0.305 e. The summed E-state index contributed by atoms with van der Waals surface area (Å²) in [6.45, 7) is 5.01. The van der Waals surface area contributed by atoms with Gasteiger partial charge in [-0.15, -0.1) is 0 Å². The number of unbranched alkanes of at least 4 members (excludes halogenated alkanes) is 59. The van der Waals surface area contributed by atoms with Crippen LogP contribution in [0.4, 0.5) is 0 Å². The van der Waals surface area contributed by atoms with Crippen LogP contribution >= 0.6 is 0 Å². The predicted octanol–water partition coefficient (Wildman–Crippen LogP) is 23.8.